The zero-order valence-corrected chi connectivity index (χ0v) is 11.0. The smallest absolute Gasteiger partial charge is 0.171 e. The standard InChI is InChI=1S/C16H12ClNO/c17-16-15(19-11-12-6-2-1-3-7-12)10-13-8-4-5-9-14(13)18-16/h1-10H,11H2. The van der Waals surface area contributed by atoms with Gasteiger partial charge in [-0.3, -0.25) is 0 Å². The maximum atomic E-state index is 6.13. The van der Waals surface area contributed by atoms with Gasteiger partial charge in [0.15, 0.2) is 10.9 Å². The molecule has 3 aromatic rings. The molecule has 0 fully saturated rings. The van der Waals surface area contributed by atoms with Crippen LogP contribution in [0.2, 0.25) is 5.15 Å². The molecule has 0 saturated carbocycles. The Kier molecular flexibility index (Phi) is 3.34. The zero-order valence-electron chi connectivity index (χ0n) is 10.2. The first kappa shape index (κ1) is 12.0. The lowest BCUT2D eigenvalue weighted by Gasteiger charge is -2.08. The van der Waals surface area contributed by atoms with E-state index in [1.165, 1.54) is 0 Å². The number of pyridine rings is 1. The number of benzene rings is 2. The molecule has 0 spiro atoms. The molecule has 3 rings (SSSR count). The van der Waals surface area contributed by atoms with Gasteiger partial charge in [0, 0.05) is 5.39 Å². The van der Waals surface area contributed by atoms with Crippen LogP contribution in [0.15, 0.2) is 60.7 Å². The number of rotatable bonds is 3. The van der Waals surface area contributed by atoms with Crippen LogP contribution in [0.25, 0.3) is 10.9 Å². The van der Waals surface area contributed by atoms with E-state index in [1.54, 1.807) is 0 Å². The van der Waals surface area contributed by atoms with E-state index in [0.717, 1.165) is 16.5 Å². The Bertz CT molecular complexity index is 697. The van der Waals surface area contributed by atoms with Crippen LogP contribution < -0.4 is 4.74 Å². The molecule has 1 heterocycles. The monoisotopic (exact) mass is 269 g/mol. The quantitative estimate of drug-likeness (QED) is 0.655. The molecule has 0 aliphatic heterocycles. The predicted molar refractivity (Wildman–Crippen MR) is 77.5 cm³/mol. The molecule has 0 radical (unpaired) electrons. The van der Waals surface area contributed by atoms with E-state index in [1.807, 2.05) is 60.7 Å². The molecule has 2 aromatic carbocycles. The van der Waals surface area contributed by atoms with Gasteiger partial charge in [-0.15, -0.1) is 0 Å². The van der Waals surface area contributed by atoms with Crippen molar-refractivity contribution in [3.63, 3.8) is 0 Å². The zero-order chi connectivity index (χ0) is 13.1. The lowest BCUT2D eigenvalue weighted by molar-refractivity contribution is 0.306. The Morgan fingerprint density at radius 1 is 0.947 bits per heavy atom. The van der Waals surface area contributed by atoms with Gasteiger partial charge in [-0.05, 0) is 17.7 Å². The Morgan fingerprint density at radius 2 is 1.68 bits per heavy atom. The third-order valence-corrected chi connectivity index (χ3v) is 3.15. The van der Waals surface area contributed by atoms with Crippen molar-refractivity contribution in [2.45, 2.75) is 6.61 Å². The van der Waals surface area contributed by atoms with Crippen molar-refractivity contribution in [2.75, 3.05) is 0 Å². The second-order valence-electron chi connectivity index (χ2n) is 4.24. The summed E-state index contributed by atoms with van der Waals surface area (Å²) in [7, 11) is 0. The number of nitrogens with zero attached hydrogens (tertiary/aromatic N) is 1. The summed E-state index contributed by atoms with van der Waals surface area (Å²) in [5, 5.41) is 1.42. The molecule has 0 aliphatic rings. The lowest BCUT2D eigenvalue weighted by atomic mass is 10.2. The summed E-state index contributed by atoms with van der Waals surface area (Å²) < 4.78 is 5.74. The summed E-state index contributed by atoms with van der Waals surface area (Å²) in [6, 6.07) is 19.7. The van der Waals surface area contributed by atoms with Crippen molar-refractivity contribution in [3.8, 4) is 5.75 Å². The van der Waals surface area contributed by atoms with Gasteiger partial charge in [0.25, 0.3) is 0 Å². The molecular weight excluding hydrogens is 258 g/mol. The van der Waals surface area contributed by atoms with Crippen LogP contribution in [-0.2, 0) is 6.61 Å². The number of fused-ring (bicyclic) bond motifs is 1. The van der Waals surface area contributed by atoms with E-state index in [2.05, 4.69) is 4.98 Å². The van der Waals surface area contributed by atoms with Crippen LogP contribution >= 0.6 is 11.6 Å². The molecule has 0 amide bonds. The maximum absolute atomic E-state index is 6.13. The number of hydrogen-bond acceptors (Lipinski definition) is 2. The SMILES string of the molecule is Clc1nc2ccccc2cc1OCc1ccccc1. The normalized spacial score (nSPS) is 10.6. The van der Waals surface area contributed by atoms with E-state index < -0.39 is 0 Å². The van der Waals surface area contributed by atoms with E-state index in [0.29, 0.717) is 17.5 Å². The van der Waals surface area contributed by atoms with Crippen molar-refractivity contribution in [1.82, 2.24) is 4.98 Å². The average molecular weight is 270 g/mol. The van der Waals surface area contributed by atoms with Crippen molar-refractivity contribution >= 4 is 22.5 Å². The Balaban J connectivity index is 1.86. The van der Waals surface area contributed by atoms with E-state index in [-0.39, 0.29) is 0 Å². The highest BCUT2D eigenvalue weighted by atomic mass is 35.5. The Hall–Kier alpha value is -2.06. The Labute approximate surface area is 116 Å². The Morgan fingerprint density at radius 3 is 2.53 bits per heavy atom. The molecule has 0 N–H and O–H groups in total. The number of hydrogen-bond donors (Lipinski definition) is 0. The van der Waals surface area contributed by atoms with Crippen molar-refractivity contribution < 1.29 is 4.74 Å². The van der Waals surface area contributed by atoms with Crippen molar-refractivity contribution in [2.24, 2.45) is 0 Å². The van der Waals surface area contributed by atoms with Gasteiger partial charge < -0.3 is 4.74 Å². The van der Waals surface area contributed by atoms with Crippen molar-refractivity contribution in [1.29, 1.82) is 0 Å². The molecule has 0 bridgehead atoms. The van der Waals surface area contributed by atoms with Gasteiger partial charge in [-0.2, -0.15) is 0 Å². The third kappa shape index (κ3) is 2.69. The first-order valence-corrected chi connectivity index (χ1v) is 6.43. The largest absolute Gasteiger partial charge is 0.486 e. The van der Waals surface area contributed by atoms with E-state index in [9.17, 15) is 0 Å². The summed E-state index contributed by atoms with van der Waals surface area (Å²) in [4.78, 5) is 4.33. The van der Waals surface area contributed by atoms with Gasteiger partial charge in [-0.1, -0.05) is 60.1 Å². The number of aromatic nitrogens is 1. The minimum absolute atomic E-state index is 0.398. The molecule has 0 saturated heterocycles. The van der Waals surface area contributed by atoms with Gasteiger partial charge in [0.1, 0.15) is 6.61 Å². The third-order valence-electron chi connectivity index (χ3n) is 2.88. The fourth-order valence-corrected chi connectivity index (χ4v) is 2.11. The fourth-order valence-electron chi connectivity index (χ4n) is 1.91. The van der Waals surface area contributed by atoms with Gasteiger partial charge in [-0.25, -0.2) is 4.98 Å². The second kappa shape index (κ2) is 5.29. The summed E-state index contributed by atoms with van der Waals surface area (Å²) in [5.41, 5.74) is 1.98. The highest BCUT2D eigenvalue weighted by molar-refractivity contribution is 6.31. The van der Waals surface area contributed by atoms with Gasteiger partial charge in [0.05, 0.1) is 5.52 Å². The van der Waals surface area contributed by atoms with Crippen LogP contribution in [0.1, 0.15) is 5.56 Å². The average Bonchev–Trinajstić information content (AvgIpc) is 2.46. The molecule has 0 atom stereocenters. The molecule has 94 valence electrons. The number of ether oxygens (including phenoxy) is 1. The van der Waals surface area contributed by atoms with Crippen LogP contribution in [0.3, 0.4) is 0 Å². The van der Waals surface area contributed by atoms with Crippen LogP contribution in [0, 0.1) is 0 Å². The van der Waals surface area contributed by atoms with Gasteiger partial charge in [0.2, 0.25) is 0 Å². The minimum Gasteiger partial charge on any atom is -0.486 e. The summed E-state index contributed by atoms with van der Waals surface area (Å²) in [6.07, 6.45) is 0. The number of para-hydroxylation sites is 1. The molecule has 19 heavy (non-hydrogen) atoms. The second-order valence-corrected chi connectivity index (χ2v) is 4.60. The summed E-state index contributed by atoms with van der Waals surface area (Å²) >= 11 is 6.13. The lowest BCUT2D eigenvalue weighted by Crippen LogP contribution is -1.96. The maximum Gasteiger partial charge on any atom is 0.171 e. The minimum atomic E-state index is 0.398. The fraction of sp³-hybridized carbons (Fsp3) is 0.0625. The van der Waals surface area contributed by atoms with Crippen LogP contribution in [0.4, 0.5) is 0 Å². The molecule has 1 aromatic heterocycles. The molecule has 2 nitrogen and oxygen atoms in total. The number of halogens is 1. The van der Waals surface area contributed by atoms with E-state index >= 15 is 0 Å². The molecular formula is C16H12ClNO. The topological polar surface area (TPSA) is 22.1 Å². The van der Waals surface area contributed by atoms with Crippen LogP contribution in [-0.4, -0.2) is 4.98 Å². The molecule has 0 aliphatic carbocycles. The van der Waals surface area contributed by atoms with Gasteiger partial charge >= 0.3 is 0 Å². The first-order valence-electron chi connectivity index (χ1n) is 6.05. The highest BCUT2D eigenvalue weighted by Gasteiger charge is 2.06. The highest BCUT2D eigenvalue weighted by Crippen LogP contribution is 2.27. The first-order chi connectivity index (χ1) is 9.33. The summed E-state index contributed by atoms with van der Waals surface area (Å²) in [6.45, 7) is 0.487. The summed E-state index contributed by atoms with van der Waals surface area (Å²) in [5.74, 6) is 0.615. The molecule has 3 heteroatoms. The van der Waals surface area contributed by atoms with Crippen molar-refractivity contribution in [3.05, 3.63) is 71.4 Å². The predicted octanol–water partition coefficient (Wildman–Crippen LogP) is 4.47. The molecule has 0 unspecified atom stereocenters. The van der Waals surface area contributed by atoms with Crippen LogP contribution in [0.5, 0.6) is 5.75 Å². The van der Waals surface area contributed by atoms with E-state index in [4.69, 9.17) is 16.3 Å².